The Balaban J connectivity index is 1.82. The normalized spacial score (nSPS) is 11.3. The van der Waals surface area contributed by atoms with Gasteiger partial charge in [0.05, 0.1) is 16.4 Å². The number of urea groups is 1. The standard InChI is InChI=1S/C26H31ClFN5O2/c1-5-6-14-32(25(35)29-19-11-9-10-18(28)15-19)17-24(34)30-23-16-22(26(2,3)4)31-33(23)21-13-8-7-12-20(21)27/h7-13,15-16H,5-6,14,17H2,1-4H3,(H,29,35)(H,30,34). The Bertz CT molecular complexity index is 1190. The number of carbonyl (C=O) groups excluding carboxylic acids is 2. The van der Waals surface area contributed by atoms with Gasteiger partial charge in [0.2, 0.25) is 5.91 Å². The molecule has 9 heteroatoms. The molecule has 0 spiro atoms. The van der Waals surface area contributed by atoms with E-state index in [4.69, 9.17) is 11.6 Å². The number of unbranched alkanes of at least 4 members (excludes halogenated alkanes) is 1. The molecule has 3 aromatic rings. The topological polar surface area (TPSA) is 79.3 Å². The average Bonchev–Trinajstić information content (AvgIpc) is 3.21. The van der Waals surface area contributed by atoms with Crippen molar-refractivity contribution in [1.29, 1.82) is 0 Å². The van der Waals surface area contributed by atoms with Crippen molar-refractivity contribution in [3.8, 4) is 5.69 Å². The van der Waals surface area contributed by atoms with Gasteiger partial charge in [0, 0.05) is 23.7 Å². The molecule has 0 aliphatic carbocycles. The van der Waals surface area contributed by atoms with Crippen LogP contribution in [0.5, 0.6) is 0 Å². The second-order valence-electron chi connectivity index (χ2n) is 9.29. The molecule has 0 aliphatic rings. The van der Waals surface area contributed by atoms with E-state index < -0.39 is 11.8 Å². The van der Waals surface area contributed by atoms with E-state index >= 15 is 0 Å². The molecule has 2 N–H and O–H groups in total. The first-order valence-electron chi connectivity index (χ1n) is 11.5. The van der Waals surface area contributed by atoms with Crippen LogP contribution in [0.15, 0.2) is 54.6 Å². The maximum Gasteiger partial charge on any atom is 0.322 e. The Hall–Kier alpha value is -3.39. The Kier molecular flexibility index (Phi) is 8.51. The van der Waals surface area contributed by atoms with Crippen LogP contribution in [-0.4, -0.2) is 39.7 Å². The van der Waals surface area contributed by atoms with E-state index in [2.05, 4.69) is 15.7 Å². The highest BCUT2D eigenvalue weighted by Crippen LogP contribution is 2.29. The van der Waals surface area contributed by atoms with E-state index in [0.29, 0.717) is 28.8 Å². The predicted octanol–water partition coefficient (Wildman–Crippen LogP) is 6.24. The molecule has 0 radical (unpaired) electrons. The smallest absolute Gasteiger partial charge is 0.315 e. The van der Waals surface area contributed by atoms with Gasteiger partial charge in [-0.2, -0.15) is 5.10 Å². The Morgan fingerprint density at radius 3 is 2.49 bits per heavy atom. The molecule has 0 aliphatic heterocycles. The molecule has 3 amide bonds. The van der Waals surface area contributed by atoms with Gasteiger partial charge < -0.3 is 15.5 Å². The van der Waals surface area contributed by atoms with E-state index in [1.54, 1.807) is 16.8 Å². The molecule has 0 unspecified atom stereocenters. The average molecular weight is 500 g/mol. The van der Waals surface area contributed by atoms with E-state index in [0.717, 1.165) is 18.5 Å². The Morgan fingerprint density at radius 1 is 1.09 bits per heavy atom. The molecule has 1 aromatic heterocycles. The zero-order chi connectivity index (χ0) is 25.6. The first kappa shape index (κ1) is 26.2. The number of halogens is 2. The predicted molar refractivity (Wildman–Crippen MR) is 138 cm³/mol. The van der Waals surface area contributed by atoms with Crippen molar-refractivity contribution in [1.82, 2.24) is 14.7 Å². The lowest BCUT2D eigenvalue weighted by atomic mass is 9.92. The number of benzene rings is 2. The van der Waals surface area contributed by atoms with Gasteiger partial charge in [-0.1, -0.05) is 63.9 Å². The SMILES string of the molecule is CCCCN(CC(=O)Nc1cc(C(C)(C)C)nn1-c1ccccc1Cl)C(=O)Nc1cccc(F)c1. The fraction of sp³-hybridized carbons (Fsp3) is 0.346. The number of anilines is 2. The number of hydrogen-bond donors (Lipinski definition) is 2. The number of rotatable bonds is 8. The van der Waals surface area contributed by atoms with Gasteiger partial charge in [0.15, 0.2) is 0 Å². The van der Waals surface area contributed by atoms with Gasteiger partial charge in [-0.05, 0) is 36.8 Å². The fourth-order valence-corrected chi connectivity index (χ4v) is 3.59. The van der Waals surface area contributed by atoms with Gasteiger partial charge in [0.1, 0.15) is 18.2 Å². The van der Waals surface area contributed by atoms with Crippen molar-refractivity contribution in [3.63, 3.8) is 0 Å². The first-order valence-corrected chi connectivity index (χ1v) is 11.9. The number of hydrogen-bond acceptors (Lipinski definition) is 3. The molecule has 7 nitrogen and oxygen atoms in total. The largest absolute Gasteiger partial charge is 0.322 e. The van der Waals surface area contributed by atoms with Crippen LogP contribution in [0.25, 0.3) is 5.69 Å². The van der Waals surface area contributed by atoms with Gasteiger partial charge >= 0.3 is 6.03 Å². The zero-order valence-electron chi connectivity index (χ0n) is 20.4. The van der Waals surface area contributed by atoms with Crippen molar-refractivity contribution in [2.45, 2.75) is 46.0 Å². The summed E-state index contributed by atoms with van der Waals surface area (Å²) >= 11 is 6.40. The van der Waals surface area contributed by atoms with Crippen LogP contribution >= 0.6 is 11.6 Å². The van der Waals surface area contributed by atoms with E-state index in [9.17, 15) is 14.0 Å². The summed E-state index contributed by atoms with van der Waals surface area (Å²) in [5, 5.41) is 10.7. The minimum Gasteiger partial charge on any atom is -0.315 e. The minimum absolute atomic E-state index is 0.181. The van der Waals surface area contributed by atoms with Gasteiger partial charge in [-0.25, -0.2) is 13.9 Å². The number of carbonyl (C=O) groups is 2. The first-order chi connectivity index (χ1) is 16.6. The highest BCUT2D eigenvalue weighted by Gasteiger charge is 2.23. The maximum absolute atomic E-state index is 13.5. The third-order valence-electron chi connectivity index (χ3n) is 5.31. The van der Waals surface area contributed by atoms with E-state index in [1.165, 1.54) is 23.1 Å². The monoisotopic (exact) mass is 499 g/mol. The number of amides is 3. The third kappa shape index (κ3) is 7.05. The van der Waals surface area contributed by atoms with Gasteiger partial charge in [-0.15, -0.1) is 0 Å². The summed E-state index contributed by atoms with van der Waals surface area (Å²) in [7, 11) is 0. The summed E-state index contributed by atoms with van der Waals surface area (Å²) in [6, 6.07) is 14.2. The summed E-state index contributed by atoms with van der Waals surface area (Å²) in [5.41, 5.74) is 1.47. The van der Waals surface area contributed by atoms with Crippen molar-refractivity contribution in [3.05, 3.63) is 71.1 Å². The molecule has 0 saturated heterocycles. The van der Waals surface area contributed by atoms with Crippen LogP contribution in [0.4, 0.5) is 20.7 Å². The summed E-state index contributed by atoms with van der Waals surface area (Å²) in [4.78, 5) is 27.3. The highest BCUT2D eigenvalue weighted by atomic mass is 35.5. The molecule has 2 aromatic carbocycles. The van der Waals surface area contributed by atoms with Crippen LogP contribution in [0.2, 0.25) is 5.02 Å². The number of nitrogens with zero attached hydrogens (tertiary/aromatic N) is 3. The van der Waals surface area contributed by atoms with E-state index in [-0.39, 0.29) is 17.9 Å². The number of nitrogens with one attached hydrogen (secondary N) is 2. The molecule has 0 fully saturated rings. The molecular weight excluding hydrogens is 469 g/mol. The van der Waals surface area contributed by atoms with Crippen LogP contribution < -0.4 is 10.6 Å². The zero-order valence-corrected chi connectivity index (χ0v) is 21.2. The maximum atomic E-state index is 13.5. The lowest BCUT2D eigenvalue weighted by Gasteiger charge is -2.22. The summed E-state index contributed by atoms with van der Waals surface area (Å²) in [5.74, 6) is -0.388. The summed E-state index contributed by atoms with van der Waals surface area (Å²) in [6.07, 6.45) is 1.56. The summed E-state index contributed by atoms with van der Waals surface area (Å²) < 4.78 is 15.1. The second-order valence-corrected chi connectivity index (χ2v) is 9.70. The van der Waals surface area contributed by atoms with Crippen molar-refractivity contribution in [2.24, 2.45) is 0 Å². The molecule has 186 valence electrons. The molecule has 0 bridgehead atoms. The Labute approximate surface area is 210 Å². The lowest BCUT2D eigenvalue weighted by Crippen LogP contribution is -2.41. The molecule has 0 atom stereocenters. The highest BCUT2D eigenvalue weighted by molar-refractivity contribution is 6.32. The Morgan fingerprint density at radius 2 is 1.83 bits per heavy atom. The van der Waals surface area contributed by atoms with Crippen LogP contribution in [0.3, 0.4) is 0 Å². The molecule has 35 heavy (non-hydrogen) atoms. The van der Waals surface area contributed by atoms with Gasteiger partial charge in [0.25, 0.3) is 0 Å². The van der Waals surface area contributed by atoms with Gasteiger partial charge in [-0.3, -0.25) is 4.79 Å². The van der Waals surface area contributed by atoms with Crippen molar-refractivity contribution in [2.75, 3.05) is 23.7 Å². The molecule has 3 rings (SSSR count). The molecule has 1 heterocycles. The quantitative estimate of drug-likeness (QED) is 0.385. The number of aromatic nitrogens is 2. The molecular formula is C26H31ClFN5O2. The minimum atomic E-state index is -0.478. The van der Waals surface area contributed by atoms with Crippen molar-refractivity contribution < 1.29 is 14.0 Å². The van der Waals surface area contributed by atoms with E-state index in [1.807, 2.05) is 52.0 Å². The second kappa shape index (κ2) is 11.4. The fourth-order valence-electron chi connectivity index (χ4n) is 3.37. The lowest BCUT2D eigenvalue weighted by molar-refractivity contribution is -0.116. The third-order valence-corrected chi connectivity index (χ3v) is 5.62. The van der Waals surface area contributed by atoms with Crippen molar-refractivity contribution >= 4 is 35.0 Å². The van der Waals surface area contributed by atoms with Crippen LogP contribution in [0, 0.1) is 5.82 Å². The van der Waals surface area contributed by atoms with Crippen LogP contribution in [0.1, 0.15) is 46.2 Å². The molecule has 0 saturated carbocycles. The number of para-hydroxylation sites is 1. The van der Waals surface area contributed by atoms with Crippen LogP contribution in [-0.2, 0) is 10.2 Å². The summed E-state index contributed by atoms with van der Waals surface area (Å²) in [6.45, 7) is 8.28.